The van der Waals surface area contributed by atoms with Crippen molar-refractivity contribution in [3.8, 4) is 17.1 Å². The highest BCUT2D eigenvalue weighted by Crippen LogP contribution is 2.36. The van der Waals surface area contributed by atoms with Crippen LogP contribution in [0.2, 0.25) is 5.02 Å². The molecule has 1 aromatic carbocycles. The number of amides is 1. The van der Waals surface area contributed by atoms with Gasteiger partial charge < -0.3 is 25.4 Å². The number of benzene rings is 1. The fourth-order valence-corrected chi connectivity index (χ4v) is 4.37. The lowest BCUT2D eigenvalue weighted by Crippen LogP contribution is -2.36. The molecule has 3 aromatic rings. The average molecular weight is 543 g/mol. The lowest BCUT2D eigenvalue weighted by Gasteiger charge is -2.34. The van der Waals surface area contributed by atoms with Gasteiger partial charge >= 0.3 is 0 Å². The van der Waals surface area contributed by atoms with E-state index in [1.165, 1.54) is 18.2 Å². The number of hydrogen-bond donors (Lipinski definition) is 3. The zero-order chi connectivity index (χ0) is 27.1. The molecule has 0 spiro atoms. The Hall–Kier alpha value is -3.34. The number of aliphatic hydroxyl groups is 1. The number of halogens is 2. The Bertz CT molecular complexity index is 1250. The van der Waals surface area contributed by atoms with Gasteiger partial charge in [0.2, 0.25) is 5.91 Å². The molecule has 202 valence electrons. The molecule has 0 bridgehead atoms. The second-order valence-corrected chi connectivity index (χ2v) is 9.65. The monoisotopic (exact) mass is 542 g/mol. The van der Waals surface area contributed by atoms with Crippen molar-refractivity contribution in [1.82, 2.24) is 20.1 Å². The van der Waals surface area contributed by atoms with Gasteiger partial charge in [-0.1, -0.05) is 25.4 Å². The zero-order valence-corrected chi connectivity index (χ0v) is 22.2. The molecule has 0 saturated heterocycles. The number of hydrogen-bond acceptors (Lipinski definition) is 8. The first kappa shape index (κ1) is 27.7. The van der Waals surface area contributed by atoms with Crippen LogP contribution in [0.25, 0.3) is 11.3 Å². The van der Waals surface area contributed by atoms with Gasteiger partial charge in [-0.25, -0.2) is 9.37 Å². The average Bonchev–Trinajstić information content (AvgIpc) is 2.89. The highest BCUT2D eigenvalue weighted by molar-refractivity contribution is 6.30. The highest BCUT2D eigenvalue weighted by atomic mass is 35.5. The first-order valence-electron chi connectivity index (χ1n) is 12.7. The summed E-state index contributed by atoms with van der Waals surface area (Å²) in [6, 6.07) is 9.31. The second kappa shape index (κ2) is 12.9. The lowest BCUT2D eigenvalue weighted by molar-refractivity contribution is -0.116. The summed E-state index contributed by atoms with van der Waals surface area (Å²) in [4.78, 5) is 18.9. The van der Waals surface area contributed by atoms with Crippen molar-refractivity contribution < 1.29 is 19.0 Å². The van der Waals surface area contributed by atoms with Gasteiger partial charge in [0.1, 0.15) is 23.4 Å². The number of aromatic nitrogens is 3. The summed E-state index contributed by atoms with van der Waals surface area (Å²) < 4.78 is 20.6. The van der Waals surface area contributed by atoms with Gasteiger partial charge in [-0.2, -0.15) is 0 Å². The topological polar surface area (TPSA) is 113 Å². The summed E-state index contributed by atoms with van der Waals surface area (Å²) in [5.41, 5.74) is 1.57. The Morgan fingerprint density at radius 3 is 2.71 bits per heavy atom. The number of rotatable bonds is 12. The number of pyridine rings is 1. The van der Waals surface area contributed by atoms with Crippen LogP contribution in [-0.4, -0.2) is 63.4 Å². The smallest absolute Gasteiger partial charge is 0.257 e. The predicted molar refractivity (Wildman–Crippen MR) is 145 cm³/mol. The van der Waals surface area contributed by atoms with Gasteiger partial charge in [-0.3, -0.25) is 4.79 Å². The van der Waals surface area contributed by atoms with Crippen LogP contribution in [0.4, 0.5) is 21.6 Å². The molecule has 2 heterocycles. The molecule has 3 N–H and O–H groups in total. The van der Waals surface area contributed by atoms with Gasteiger partial charge in [-0.05, 0) is 62.2 Å². The molecule has 38 heavy (non-hydrogen) atoms. The Morgan fingerprint density at radius 1 is 1.18 bits per heavy atom. The number of anilines is 3. The van der Waals surface area contributed by atoms with Crippen LogP contribution in [0.5, 0.6) is 5.88 Å². The molecule has 9 nitrogen and oxygen atoms in total. The lowest BCUT2D eigenvalue weighted by atomic mass is 9.83. The summed E-state index contributed by atoms with van der Waals surface area (Å²) in [5.74, 6) is 0.247. The van der Waals surface area contributed by atoms with Gasteiger partial charge in [0.15, 0.2) is 0 Å². The molecule has 4 rings (SSSR count). The van der Waals surface area contributed by atoms with E-state index in [0.29, 0.717) is 48.0 Å². The molecule has 1 aliphatic carbocycles. The van der Waals surface area contributed by atoms with Crippen LogP contribution < -0.4 is 15.4 Å². The standard InChI is InChI=1S/C27H32ClFN6O3/c1-3-35(4-2)10-8-26(37)32-25-14-19(7-9-30-25)31-24-15-23(21-13-18(28)5-6-22(21)29)33-34-27(24)38-20-11-17(12-20)16-36/h5-7,9,13-15,17,20,36H,3-4,8,10-12,16H2,1-2H3,(H2,30,31,32,33,37). The molecular weight excluding hydrogens is 511 g/mol. The largest absolute Gasteiger partial charge is 0.472 e. The third-order valence-electron chi connectivity index (χ3n) is 6.55. The number of aliphatic hydroxyl groups excluding tert-OH is 1. The fraction of sp³-hybridized carbons (Fsp3) is 0.407. The van der Waals surface area contributed by atoms with E-state index in [9.17, 15) is 14.3 Å². The van der Waals surface area contributed by atoms with Crippen LogP contribution in [0, 0.1) is 11.7 Å². The van der Waals surface area contributed by atoms with Crippen molar-refractivity contribution in [1.29, 1.82) is 0 Å². The van der Waals surface area contributed by atoms with Crippen LogP contribution in [-0.2, 0) is 4.79 Å². The quantitative estimate of drug-likeness (QED) is 0.296. The molecule has 0 radical (unpaired) electrons. The number of nitrogens with zero attached hydrogens (tertiary/aromatic N) is 4. The van der Waals surface area contributed by atoms with Crippen LogP contribution in [0.3, 0.4) is 0 Å². The Labute approximate surface area is 226 Å². The maximum atomic E-state index is 14.5. The van der Waals surface area contributed by atoms with E-state index in [4.69, 9.17) is 16.3 Å². The normalized spacial score (nSPS) is 16.7. The highest BCUT2D eigenvalue weighted by Gasteiger charge is 2.31. The molecule has 1 saturated carbocycles. The summed E-state index contributed by atoms with van der Waals surface area (Å²) in [5, 5.41) is 24.2. The Balaban J connectivity index is 1.54. The number of carbonyl (C=O) groups is 1. The fourth-order valence-electron chi connectivity index (χ4n) is 4.20. The minimum absolute atomic E-state index is 0.103. The second-order valence-electron chi connectivity index (χ2n) is 9.21. The number of carbonyl (C=O) groups excluding carboxylic acids is 1. The molecule has 1 amide bonds. The van der Waals surface area contributed by atoms with E-state index in [-0.39, 0.29) is 41.7 Å². The van der Waals surface area contributed by atoms with Gasteiger partial charge in [0, 0.05) is 48.1 Å². The van der Waals surface area contributed by atoms with Crippen molar-refractivity contribution in [3.63, 3.8) is 0 Å². The van der Waals surface area contributed by atoms with Crippen molar-refractivity contribution >= 4 is 34.7 Å². The summed E-state index contributed by atoms with van der Waals surface area (Å²) in [7, 11) is 0. The maximum Gasteiger partial charge on any atom is 0.257 e. The van der Waals surface area contributed by atoms with E-state index in [1.54, 1.807) is 24.4 Å². The van der Waals surface area contributed by atoms with E-state index < -0.39 is 5.82 Å². The van der Waals surface area contributed by atoms with Crippen molar-refractivity contribution in [2.75, 3.05) is 36.9 Å². The van der Waals surface area contributed by atoms with Crippen LogP contribution in [0.15, 0.2) is 42.6 Å². The first-order chi connectivity index (χ1) is 18.4. The molecule has 0 atom stereocenters. The predicted octanol–water partition coefficient (Wildman–Crippen LogP) is 4.89. The molecular formula is C27H32ClFN6O3. The molecule has 1 fully saturated rings. The van der Waals surface area contributed by atoms with Crippen molar-refractivity contribution in [2.45, 2.75) is 39.2 Å². The molecule has 0 aliphatic heterocycles. The van der Waals surface area contributed by atoms with E-state index in [0.717, 1.165) is 13.1 Å². The van der Waals surface area contributed by atoms with Crippen molar-refractivity contribution in [3.05, 3.63) is 53.4 Å². The van der Waals surface area contributed by atoms with E-state index in [1.807, 2.05) is 0 Å². The summed E-state index contributed by atoms with van der Waals surface area (Å²) in [6.07, 6.45) is 3.25. The minimum atomic E-state index is -0.480. The van der Waals surface area contributed by atoms with E-state index in [2.05, 4.69) is 44.6 Å². The molecule has 1 aliphatic rings. The summed E-state index contributed by atoms with van der Waals surface area (Å²) in [6.45, 7) is 6.67. The Morgan fingerprint density at radius 2 is 1.97 bits per heavy atom. The zero-order valence-electron chi connectivity index (χ0n) is 21.5. The maximum absolute atomic E-state index is 14.5. The molecule has 2 aromatic heterocycles. The third kappa shape index (κ3) is 7.15. The van der Waals surface area contributed by atoms with Crippen LogP contribution in [0.1, 0.15) is 33.1 Å². The summed E-state index contributed by atoms with van der Waals surface area (Å²) >= 11 is 6.09. The first-order valence-corrected chi connectivity index (χ1v) is 13.1. The molecule has 11 heteroatoms. The number of ether oxygens (including phenoxy) is 1. The Kier molecular flexibility index (Phi) is 9.43. The minimum Gasteiger partial charge on any atom is -0.472 e. The SMILES string of the molecule is CCN(CC)CCC(=O)Nc1cc(Nc2cc(-c3cc(Cl)ccc3F)nnc2OC2CC(CO)C2)ccn1. The van der Waals surface area contributed by atoms with E-state index >= 15 is 0 Å². The van der Waals surface area contributed by atoms with Gasteiger partial charge in [0.05, 0.1) is 5.69 Å². The van der Waals surface area contributed by atoms with Crippen molar-refractivity contribution in [2.24, 2.45) is 5.92 Å². The van der Waals surface area contributed by atoms with Crippen LogP contribution >= 0.6 is 11.6 Å². The van der Waals surface area contributed by atoms with Gasteiger partial charge in [-0.15, -0.1) is 10.2 Å². The third-order valence-corrected chi connectivity index (χ3v) is 6.78. The molecule has 0 unspecified atom stereocenters. The number of nitrogens with one attached hydrogen (secondary N) is 2. The van der Waals surface area contributed by atoms with Gasteiger partial charge in [0.25, 0.3) is 5.88 Å².